The van der Waals surface area contributed by atoms with Crippen molar-refractivity contribution in [3.63, 3.8) is 0 Å². The van der Waals surface area contributed by atoms with E-state index in [2.05, 4.69) is 15.7 Å². The highest BCUT2D eigenvalue weighted by Crippen LogP contribution is 2.27. The van der Waals surface area contributed by atoms with E-state index in [0.717, 1.165) is 0 Å². The lowest BCUT2D eigenvalue weighted by molar-refractivity contribution is 0.0961. The van der Waals surface area contributed by atoms with Crippen LogP contribution in [0.2, 0.25) is 10.0 Å². The van der Waals surface area contributed by atoms with Gasteiger partial charge in [0.1, 0.15) is 5.69 Å². The fraction of sp³-hybridized carbons (Fsp3) is 0.0455. The van der Waals surface area contributed by atoms with E-state index < -0.39 is 5.91 Å². The molecule has 2 amide bonds. The van der Waals surface area contributed by atoms with Crippen LogP contribution in [-0.2, 0) is 0 Å². The maximum atomic E-state index is 12.9. The Morgan fingerprint density at radius 2 is 1.84 bits per heavy atom. The van der Waals surface area contributed by atoms with Crippen molar-refractivity contribution in [1.29, 1.82) is 0 Å². The second kappa shape index (κ2) is 8.67. The van der Waals surface area contributed by atoms with Crippen LogP contribution < -0.4 is 10.6 Å². The average Bonchev–Trinajstić information content (AvgIpc) is 3.44. The Labute approximate surface area is 187 Å². The smallest absolute Gasteiger partial charge is 0.276 e. The summed E-state index contributed by atoms with van der Waals surface area (Å²) in [6, 6.07) is 16.9. The van der Waals surface area contributed by atoms with Crippen molar-refractivity contribution in [3.8, 4) is 17.1 Å². The first kappa shape index (κ1) is 20.7. The van der Waals surface area contributed by atoms with Crippen LogP contribution in [0.25, 0.3) is 17.1 Å². The fourth-order valence-electron chi connectivity index (χ4n) is 3.00. The maximum Gasteiger partial charge on any atom is 0.276 e. The Morgan fingerprint density at radius 1 is 1.00 bits per heavy atom. The number of anilines is 1. The summed E-state index contributed by atoms with van der Waals surface area (Å²) >= 11 is 12.2. The van der Waals surface area contributed by atoms with Gasteiger partial charge in [0.2, 0.25) is 0 Å². The summed E-state index contributed by atoms with van der Waals surface area (Å²) in [6.45, 7) is 0. The third-order valence-electron chi connectivity index (χ3n) is 4.46. The van der Waals surface area contributed by atoms with Gasteiger partial charge < -0.3 is 15.1 Å². The topological polar surface area (TPSA) is 89.2 Å². The van der Waals surface area contributed by atoms with E-state index in [1.165, 1.54) is 13.1 Å². The zero-order chi connectivity index (χ0) is 22.0. The second-order valence-electron chi connectivity index (χ2n) is 6.51. The van der Waals surface area contributed by atoms with Gasteiger partial charge in [0, 0.05) is 23.8 Å². The number of amides is 2. The van der Waals surface area contributed by atoms with Gasteiger partial charge in [-0.25, -0.2) is 4.68 Å². The molecule has 2 aromatic carbocycles. The molecule has 9 heteroatoms. The molecule has 2 heterocycles. The zero-order valence-corrected chi connectivity index (χ0v) is 17.7. The molecule has 0 bridgehead atoms. The van der Waals surface area contributed by atoms with Crippen molar-refractivity contribution in [3.05, 3.63) is 88.2 Å². The van der Waals surface area contributed by atoms with Crippen molar-refractivity contribution in [2.75, 3.05) is 12.4 Å². The lowest BCUT2D eigenvalue weighted by Crippen LogP contribution is -2.19. The number of nitrogens with one attached hydrogen (secondary N) is 2. The third kappa shape index (κ3) is 4.33. The summed E-state index contributed by atoms with van der Waals surface area (Å²) in [4.78, 5) is 24.9. The van der Waals surface area contributed by atoms with E-state index in [4.69, 9.17) is 27.6 Å². The maximum absolute atomic E-state index is 12.9. The first-order valence-electron chi connectivity index (χ1n) is 9.19. The molecule has 0 saturated carbocycles. The summed E-state index contributed by atoms with van der Waals surface area (Å²) in [5.74, 6) is -0.273. The van der Waals surface area contributed by atoms with Crippen LogP contribution >= 0.6 is 23.2 Å². The van der Waals surface area contributed by atoms with Gasteiger partial charge in [-0.3, -0.25) is 9.59 Å². The van der Waals surface area contributed by atoms with Gasteiger partial charge in [-0.1, -0.05) is 29.3 Å². The molecule has 4 aromatic rings. The number of aromatic nitrogens is 2. The molecular formula is C22H16Cl2N4O3. The molecule has 0 saturated heterocycles. The molecule has 0 fully saturated rings. The van der Waals surface area contributed by atoms with E-state index in [1.807, 2.05) is 6.07 Å². The van der Waals surface area contributed by atoms with E-state index >= 15 is 0 Å². The van der Waals surface area contributed by atoms with E-state index in [1.54, 1.807) is 59.5 Å². The number of rotatable bonds is 5. The molecule has 2 aromatic heterocycles. The molecule has 0 radical (unpaired) electrons. The first-order chi connectivity index (χ1) is 15.0. The lowest BCUT2D eigenvalue weighted by Gasteiger charge is -2.08. The summed E-state index contributed by atoms with van der Waals surface area (Å²) in [5.41, 5.74) is 2.07. The van der Waals surface area contributed by atoms with Gasteiger partial charge in [0.05, 0.1) is 22.5 Å². The van der Waals surface area contributed by atoms with Crippen LogP contribution in [0, 0.1) is 0 Å². The molecule has 156 valence electrons. The van der Waals surface area contributed by atoms with E-state index in [-0.39, 0.29) is 22.2 Å². The Bertz CT molecular complexity index is 1270. The fourth-order valence-corrected chi connectivity index (χ4v) is 3.39. The monoisotopic (exact) mass is 454 g/mol. The molecule has 0 aliphatic carbocycles. The number of nitrogens with zero attached hydrogens (tertiary/aromatic N) is 2. The molecule has 7 nitrogen and oxygen atoms in total. The predicted octanol–water partition coefficient (Wildman–Crippen LogP) is 5.05. The molecule has 2 N–H and O–H groups in total. The number of benzene rings is 2. The van der Waals surface area contributed by atoms with Crippen LogP contribution in [0.3, 0.4) is 0 Å². The lowest BCUT2D eigenvalue weighted by atomic mass is 10.2. The van der Waals surface area contributed by atoms with Crippen LogP contribution in [0.1, 0.15) is 20.8 Å². The standard InChI is InChI=1S/C22H16Cl2N4O3/c1-25-21(29)16-11-14(7-8-17(16)24)26-22(30)18-12-19(20-6-3-9-31-20)28(27-18)15-5-2-4-13(23)10-15/h2-12H,1H3,(H,25,29)(H,26,30). The molecular weight excluding hydrogens is 439 g/mol. The molecule has 31 heavy (non-hydrogen) atoms. The Balaban J connectivity index is 1.70. The summed E-state index contributed by atoms with van der Waals surface area (Å²) in [5, 5.41) is 10.5. The first-order valence-corrected chi connectivity index (χ1v) is 9.94. The van der Waals surface area contributed by atoms with E-state index in [9.17, 15) is 9.59 Å². The van der Waals surface area contributed by atoms with Crippen molar-refractivity contribution in [1.82, 2.24) is 15.1 Å². The highest BCUT2D eigenvalue weighted by molar-refractivity contribution is 6.34. The van der Waals surface area contributed by atoms with Gasteiger partial charge in [0.25, 0.3) is 11.8 Å². The van der Waals surface area contributed by atoms with Crippen LogP contribution in [0.4, 0.5) is 5.69 Å². The van der Waals surface area contributed by atoms with Crippen LogP contribution in [0.5, 0.6) is 0 Å². The highest BCUT2D eigenvalue weighted by atomic mass is 35.5. The number of hydrogen-bond donors (Lipinski definition) is 2. The SMILES string of the molecule is CNC(=O)c1cc(NC(=O)c2cc(-c3ccco3)n(-c3cccc(Cl)c3)n2)ccc1Cl. The summed E-state index contributed by atoms with van der Waals surface area (Å²) in [6.07, 6.45) is 1.54. The normalized spacial score (nSPS) is 10.7. The number of halogens is 2. The van der Waals surface area contributed by atoms with Crippen molar-refractivity contribution >= 4 is 40.7 Å². The molecule has 4 rings (SSSR count). The minimum Gasteiger partial charge on any atom is -0.463 e. The quantitative estimate of drug-likeness (QED) is 0.441. The molecule has 0 unspecified atom stereocenters. The number of carbonyl (C=O) groups is 2. The molecule has 0 spiro atoms. The zero-order valence-electron chi connectivity index (χ0n) is 16.2. The Morgan fingerprint density at radius 3 is 2.55 bits per heavy atom. The average molecular weight is 455 g/mol. The summed E-state index contributed by atoms with van der Waals surface area (Å²) in [7, 11) is 1.50. The van der Waals surface area contributed by atoms with Gasteiger partial charge in [-0.2, -0.15) is 5.10 Å². The second-order valence-corrected chi connectivity index (χ2v) is 7.36. The van der Waals surface area contributed by atoms with Gasteiger partial charge >= 0.3 is 0 Å². The minimum atomic E-state index is -0.459. The minimum absolute atomic E-state index is 0.155. The van der Waals surface area contributed by atoms with Gasteiger partial charge in [-0.05, 0) is 48.5 Å². The number of furan rings is 1. The van der Waals surface area contributed by atoms with Gasteiger partial charge in [0.15, 0.2) is 11.5 Å². The molecule has 0 atom stereocenters. The Kier molecular flexibility index (Phi) is 5.79. The van der Waals surface area contributed by atoms with E-state index in [0.29, 0.717) is 27.9 Å². The van der Waals surface area contributed by atoms with Crippen molar-refractivity contribution in [2.24, 2.45) is 0 Å². The Hall–Kier alpha value is -3.55. The largest absolute Gasteiger partial charge is 0.463 e. The summed E-state index contributed by atoms with van der Waals surface area (Å²) < 4.78 is 7.09. The van der Waals surface area contributed by atoms with Crippen LogP contribution in [0.15, 0.2) is 71.3 Å². The predicted molar refractivity (Wildman–Crippen MR) is 119 cm³/mol. The highest BCUT2D eigenvalue weighted by Gasteiger charge is 2.19. The van der Waals surface area contributed by atoms with Crippen molar-refractivity contribution < 1.29 is 14.0 Å². The van der Waals surface area contributed by atoms with Crippen molar-refractivity contribution in [2.45, 2.75) is 0 Å². The van der Waals surface area contributed by atoms with Gasteiger partial charge in [-0.15, -0.1) is 0 Å². The third-order valence-corrected chi connectivity index (χ3v) is 5.03. The number of carbonyl (C=O) groups excluding carboxylic acids is 2. The molecule has 0 aliphatic rings. The molecule has 0 aliphatic heterocycles. The van der Waals surface area contributed by atoms with Crippen LogP contribution in [-0.4, -0.2) is 28.6 Å². The number of hydrogen-bond acceptors (Lipinski definition) is 4.